The summed E-state index contributed by atoms with van der Waals surface area (Å²) in [6.07, 6.45) is 0.511. The van der Waals surface area contributed by atoms with Crippen molar-refractivity contribution in [3.05, 3.63) is 0 Å². The second kappa shape index (κ2) is 18.6. The lowest BCUT2D eigenvalue weighted by atomic mass is 9.77. The van der Waals surface area contributed by atoms with Crippen molar-refractivity contribution in [3.63, 3.8) is 0 Å². The molecule has 310 valence electrons. The van der Waals surface area contributed by atoms with Gasteiger partial charge in [-0.05, 0) is 57.8 Å². The molecule has 6 rings (SSSR count). The average molecular weight is 792 g/mol. The van der Waals surface area contributed by atoms with E-state index in [2.05, 4.69) is 10.6 Å². The molecule has 2 unspecified atom stereocenters. The van der Waals surface area contributed by atoms with E-state index < -0.39 is 55.2 Å². The summed E-state index contributed by atoms with van der Waals surface area (Å²) < 4.78 is 21.8. The van der Waals surface area contributed by atoms with Crippen molar-refractivity contribution in [2.24, 2.45) is 11.8 Å². The predicted molar refractivity (Wildman–Crippen MR) is 192 cm³/mol. The monoisotopic (exact) mass is 791 g/mol. The van der Waals surface area contributed by atoms with Gasteiger partial charge in [0.1, 0.15) is 12.1 Å². The summed E-state index contributed by atoms with van der Waals surface area (Å²) >= 11 is 0. The van der Waals surface area contributed by atoms with Crippen LogP contribution in [0.1, 0.15) is 58.3 Å². The molecule has 6 fully saturated rings. The molecule has 1 aliphatic carbocycles. The zero-order chi connectivity index (χ0) is 40.0. The molecule has 0 aromatic rings. The van der Waals surface area contributed by atoms with Gasteiger partial charge in [-0.15, -0.1) is 0 Å². The largest absolute Gasteiger partial charge is 0.619 e. The van der Waals surface area contributed by atoms with Crippen LogP contribution in [0.2, 0.25) is 0 Å². The highest BCUT2D eigenvalue weighted by atomic mass is 17.0. The van der Waals surface area contributed by atoms with Gasteiger partial charge in [0.2, 0.25) is 17.7 Å². The van der Waals surface area contributed by atoms with Gasteiger partial charge in [-0.2, -0.15) is 0 Å². The highest BCUT2D eigenvalue weighted by molar-refractivity contribution is 6.43. The van der Waals surface area contributed by atoms with Crippen LogP contribution in [-0.4, -0.2) is 193 Å². The van der Waals surface area contributed by atoms with Crippen LogP contribution in [0.5, 0.6) is 0 Å². The van der Waals surface area contributed by atoms with Crippen LogP contribution in [0.25, 0.3) is 0 Å². The molecule has 5 atom stereocenters. The lowest BCUT2D eigenvalue weighted by molar-refractivity contribution is -0.432. The van der Waals surface area contributed by atoms with E-state index in [9.17, 15) is 43.6 Å². The topological polar surface area (TPSA) is 237 Å². The highest BCUT2D eigenvalue weighted by Gasteiger charge is 2.53. The zero-order valence-corrected chi connectivity index (χ0v) is 31.9. The maximum Gasteiger partial charge on any atom is 0.619 e. The van der Waals surface area contributed by atoms with Gasteiger partial charge in [0.25, 0.3) is 0 Å². The van der Waals surface area contributed by atoms with E-state index in [1.807, 2.05) is 19.6 Å². The van der Waals surface area contributed by atoms with Crippen LogP contribution >= 0.6 is 0 Å². The van der Waals surface area contributed by atoms with Gasteiger partial charge < -0.3 is 44.5 Å². The first-order chi connectivity index (χ1) is 26.8. The first-order valence-corrected chi connectivity index (χ1v) is 19.8. The third-order valence-electron chi connectivity index (χ3n) is 11.7. The Hall–Kier alpha value is -3.89. The summed E-state index contributed by atoms with van der Waals surface area (Å²) in [5.74, 6) is -5.48. The molecule has 3 amide bonds. The maximum absolute atomic E-state index is 14.0. The van der Waals surface area contributed by atoms with E-state index in [0.717, 1.165) is 0 Å². The Morgan fingerprint density at radius 1 is 0.768 bits per heavy atom. The van der Waals surface area contributed by atoms with Gasteiger partial charge in [-0.25, -0.2) is 0 Å². The number of rotatable bonds is 9. The summed E-state index contributed by atoms with van der Waals surface area (Å²) in [4.78, 5) is 101. The normalized spacial score (nSPS) is 34.5. The number of amides is 3. The van der Waals surface area contributed by atoms with Gasteiger partial charge in [-0.3, -0.25) is 53.2 Å². The number of hydrogen-bond donors (Lipinski definition) is 4. The molecule has 5 saturated heterocycles. The van der Waals surface area contributed by atoms with Crippen molar-refractivity contribution < 1.29 is 62.6 Å². The van der Waals surface area contributed by atoms with E-state index in [-0.39, 0.29) is 62.0 Å². The first kappa shape index (κ1) is 41.7. The molecule has 5 heterocycles. The number of esters is 4. The van der Waals surface area contributed by atoms with E-state index in [0.29, 0.717) is 104 Å². The standard InChI is InChI=1S/C35H54BN7O13/c1-23(33(49)43-10-2-3-27(43)36(51)52)38-32(48)25-6-4-24(5-7-25)19-37-28(44)9-8-26-34(50)56-35-53-29(45)20-39-11-13-40(21-30(46)54-35)15-17-42(26)18-16-41(14-12-39)22-31(47)55-35/h23-27,51-52H,2-22H2,1H3,(H,37,44)(H,38,48)/t23-,24-,25-,26-,27+/m1/s1. The maximum atomic E-state index is 14.0. The smallest absolute Gasteiger partial charge is 0.426 e. The van der Waals surface area contributed by atoms with E-state index in [1.54, 1.807) is 6.92 Å². The van der Waals surface area contributed by atoms with E-state index in [4.69, 9.17) is 18.9 Å². The minimum absolute atomic E-state index is 0.00359. The summed E-state index contributed by atoms with van der Waals surface area (Å²) in [5.41, 5.74) is 0. The molecular formula is C35H54BN7O13. The summed E-state index contributed by atoms with van der Waals surface area (Å²) in [5, 5.41) is 25.0. The Balaban J connectivity index is 1.05. The molecule has 6 aliphatic rings. The van der Waals surface area contributed by atoms with Crippen molar-refractivity contribution in [2.45, 2.75) is 82.5 Å². The van der Waals surface area contributed by atoms with Crippen LogP contribution in [0.15, 0.2) is 0 Å². The quantitative estimate of drug-likeness (QED) is 0.132. The Kier molecular flexibility index (Phi) is 13.9. The van der Waals surface area contributed by atoms with Crippen LogP contribution < -0.4 is 10.6 Å². The Morgan fingerprint density at radius 2 is 1.30 bits per heavy atom. The number of nitrogens with zero attached hydrogens (tertiary/aromatic N) is 5. The Labute approximate surface area is 325 Å². The van der Waals surface area contributed by atoms with Crippen LogP contribution in [0.3, 0.4) is 0 Å². The van der Waals surface area contributed by atoms with Gasteiger partial charge in [-0.1, -0.05) is 0 Å². The Bertz CT molecular complexity index is 1440. The van der Waals surface area contributed by atoms with Crippen LogP contribution in [0, 0.1) is 11.8 Å². The van der Waals surface area contributed by atoms with Crippen molar-refractivity contribution in [2.75, 3.05) is 85.1 Å². The minimum atomic E-state index is -3.08. The van der Waals surface area contributed by atoms with Crippen molar-refractivity contribution in [1.29, 1.82) is 0 Å². The second-order valence-corrected chi connectivity index (χ2v) is 15.7. The number of ether oxygens (including phenoxy) is 4. The number of nitrogens with one attached hydrogen (secondary N) is 2. The number of carbonyl (C=O) groups excluding carboxylic acids is 7. The van der Waals surface area contributed by atoms with Gasteiger partial charge in [0.05, 0.1) is 25.6 Å². The number of carbonyl (C=O) groups is 7. The second-order valence-electron chi connectivity index (χ2n) is 15.7. The number of fused-ring (bicyclic) bond motifs is 12. The SMILES string of the molecule is C[C@@H](NC(=O)[C@H]1CC[C@H](CNC(=O)CC[C@@H]2C(=O)OC34OC(=O)CN5CCN(CCN2CCN(CC5)CC(=O)O3)CC(=O)O4)CC1)C(=O)N1CCC[C@H]1B(O)O. The molecule has 21 heteroatoms. The molecule has 20 nitrogen and oxygen atoms in total. The first-order valence-electron chi connectivity index (χ1n) is 19.8. The Morgan fingerprint density at radius 3 is 1.84 bits per heavy atom. The van der Waals surface area contributed by atoms with Crippen molar-refractivity contribution >= 4 is 48.7 Å². The van der Waals surface area contributed by atoms with Crippen LogP contribution in [-0.2, 0) is 52.5 Å². The van der Waals surface area contributed by atoms with Gasteiger partial charge >= 0.3 is 37.2 Å². The third kappa shape index (κ3) is 10.7. The molecule has 4 N–H and O–H groups in total. The third-order valence-corrected chi connectivity index (χ3v) is 11.7. The zero-order valence-electron chi connectivity index (χ0n) is 31.9. The molecule has 56 heavy (non-hydrogen) atoms. The fraction of sp³-hybridized carbons (Fsp3) is 0.800. The molecule has 5 bridgehead atoms. The lowest BCUT2D eigenvalue weighted by Gasteiger charge is -2.35. The van der Waals surface area contributed by atoms with Crippen molar-refractivity contribution in [1.82, 2.24) is 35.1 Å². The predicted octanol–water partition coefficient (Wildman–Crippen LogP) is -3.39. The van der Waals surface area contributed by atoms with Crippen molar-refractivity contribution in [3.8, 4) is 0 Å². The molecule has 0 aromatic heterocycles. The summed E-state index contributed by atoms with van der Waals surface area (Å²) in [7, 11) is -1.63. The fourth-order valence-electron chi connectivity index (χ4n) is 8.43. The number of hydrogen-bond acceptors (Lipinski definition) is 17. The molecule has 1 saturated carbocycles. The fourth-order valence-corrected chi connectivity index (χ4v) is 8.43. The molecule has 0 aromatic carbocycles. The summed E-state index contributed by atoms with van der Waals surface area (Å²) in [6, 6.07) is -1.85. The number of likely N-dealkylation sites (tertiary alicyclic amines) is 1. The highest BCUT2D eigenvalue weighted by Crippen LogP contribution is 2.30. The minimum Gasteiger partial charge on any atom is -0.426 e. The average Bonchev–Trinajstić information content (AvgIpc) is 3.62. The van der Waals surface area contributed by atoms with Gasteiger partial charge in [0.15, 0.2) is 0 Å². The van der Waals surface area contributed by atoms with E-state index >= 15 is 0 Å². The van der Waals surface area contributed by atoms with E-state index in [1.165, 1.54) is 4.90 Å². The molecular weight excluding hydrogens is 737 g/mol. The molecule has 5 aliphatic heterocycles. The lowest BCUT2D eigenvalue weighted by Crippen LogP contribution is -2.53. The summed E-state index contributed by atoms with van der Waals surface area (Å²) in [6.45, 7) is 4.73. The van der Waals surface area contributed by atoms with Crippen LogP contribution in [0.4, 0.5) is 0 Å². The van der Waals surface area contributed by atoms with Gasteiger partial charge in [0, 0.05) is 77.8 Å². The molecule has 0 radical (unpaired) electrons. The molecule has 1 spiro atoms.